The zero-order valence-electron chi connectivity index (χ0n) is 13.5. The second-order valence-corrected chi connectivity index (χ2v) is 5.86. The van der Waals surface area contributed by atoms with Crippen molar-refractivity contribution in [1.29, 1.82) is 0 Å². The first-order chi connectivity index (χ1) is 11.1. The van der Waals surface area contributed by atoms with Crippen molar-refractivity contribution in [3.05, 3.63) is 23.8 Å². The fourth-order valence-electron chi connectivity index (χ4n) is 2.90. The van der Waals surface area contributed by atoms with Crippen LogP contribution < -0.4 is 14.8 Å². The molecule has 3 rings (SSSR count). The van der Waals surface area contributed by atoms with Crippen molar-refractivity contribution in [2.45, 2.75) is 26.8 Å². The van der Waals surface area contributed by atoms with Gasteiger partial charge in [0.2, 0.25) is 18.6 Å². The van der Waals surface area contributed by atoms with Crippen molar-refractivity contribution in [3.8, 4) is 11.5 Å². The van der Waals surface area contributed by atoms with Crippen LogP contribution in [0.5, 0.6) is 11.5 Å². The number of carbonyl (C=O) groups is 2. The van der Waals surface area contributed by atoms with Crippen LogP contribution >= 0.6 is 0 Å². The van der Waals surface area contributed by atoms with Gasteiger partial charge < -0.3 is 19.7 Å². The van der Waals surface area contributed by atoms with Gasteiger partial charge in [-0.2, -0.15) is 0 Å². The molecule has 0 saturated heterocycles. The Morgan fingerprint density at radius 2 is 1.91 bits per heavy atom. The number of hydrogen-bond acceptors (Lipinski definition) is 4. The summed E-state index contributed by atoms with van der Waals surface area (Å²) in [4.78, 5) is 26.2. The Morgan fingerprint density at radius 1 is 1.17 bits per heavy atom. The van der Waals surface area contributed by atoms with Gasteiger partial charge in [-0.15, -0.1) is 0 Å². The van der Waals surface area contributed by atoms with Crippen molar-refractivity contribution < 1.29 is 19.1 Å². The summed E-state index contributed by atoms with van der Waals surface area (Å²) in [7, 11) is 0. The molecule has 2 atom stereocenters. The van der Waals surface area contributed by atoms with Gasteiger partial charge in [0, 0.05) is 19.6 Å². The van der Waals surface area contributed by atoms with Crippen LogP contribution in [0.15, 0.2) is 18.2 Å². The number of carbonyl (C=O) groups excluding carboxylic acids is 2. The molecule has 2 amide bonds. The molecule has 6 heteroatoms. The van der Waals surface area contributed by atoms with Crippen LogP contribution in [0.4, 0.5) is 0 Å². The molecule has 1 aromatic rings. The number of ether oxygens (including phenoxy) is 2. The molecule has 1 N–H and O–H groups in total. The molecule has 2 aliphatic rings. The zero-order valence-corrected chi connectivity index (χ0v) is 13.5. The van der Waals surface area contributed by atoms with Crippen LogP contribution in [0.25, 0.3) is 0 Å². The van der Waals surface area contributed by atoms with Gasteiger partial charge in [0.15, 0.2) is 11.5 Å². The van der Waals surface area contributed by atoms with Crippen molar-refractivity contribution in [3.63, 3.8) is 0 Å². The third-order valence-electron chi connectivity index (χ3n) is 4.42. The lowest BCUT2D eigenvalue weighted by atomic mass is 10.2. The number of nitrogens with one attached hydrogen (secondary N) is 1. The molecule has 0 spiro atoms. The second kappa shape index (κ2) is 6.48. The van der Waals surface area contributed by atoms with E-state index in [2.05, 4.69) is 5.32 Å². The van der Waals surface area contributed by atoms with E-state index in [1.807, 2.05) is 32.0 Å². The maximum absolute atomic E-state index is 12.2. The van der Waals surface area contributed by atoms with Crippen LogP contribution in [0.3, 0.4) is 0 Å². The first kappa shape index (κ1) is 15.6. The molecule has 0 bridgehead atoms. The maximum Gasteiger partial charge on any atom is 0.231 e. The lowest BCUT2D eigenvalue weighted by molar-refractivity contribution is -0.134. The highest BCUT2D eigenvalue weighted by Gasteiger charge is 2.49. The molecule has 1 heterocycles. The third kappa shape index (κ3) is 3.25. The number of benzene rings is 1. The summed E-state index contributed by atoms with van der Waals surface area (Å²) < 4.78 is 10.6. The molecule has 23 heavy (non-hydrogen) atoms. The standard InChI is InChI=1S/C17H22N2O4/c1-3-19(4-2)17(21)13-8-12(13)16(20)18-9-11-5-6-14-15(7-11)23-10-22-14/h5-7,12-13H,3-4,8-10H2,1-2H3,(H,18,20). The number of nitrogens with zero attached hydrogens (tertiary/aromatic N) is 1. The van der Waals surface area contributed by atoms with Gasteiger partial charge in [0.25, 0.3) is 0 Å². The van der Waals surface area contributed by atoms with Crippen molar-refractivity contribution in [2.24, 2.45) is 11.8 Å². The lowest BCUT2D eigenvalue weighted by Gasteiger charge is -2.18. The van der Waals surface area contributed by atoms with Crippen molar-refractivity contribution in [2.75, 3.05) is 19.9 Å². The molecule has 1 aliphatic heterocycles. The quantitative estimate of drug-likeness (QED) is 0.864. The highest BCUT2D eigenvalue weighted by atomic mass is 16.7. The van der Waals surface area contributed by atoms with Gasteiger partial charge in [0.05, 0.1) is 11.8 Å². The van der Waals surface area contributed by atoms with Crippen LogP contribution in [0, 0.1) is 11.8 Å². The van der Waals surface area contributed by atoms with Gasteiger partial charge in [-0.1, -0.05) is 6.07 Å². The monoisotopic (exact) mass is 318 g/mol. The smallest absolute Gasteiger partial charge is 0.231 e. The Kier molecular flexibility index (Phi) is 4.41. The lowest BCUT2D eigenvalue weighted by Crippen LogP contribution is -2.34. The minimum atomic E-state index is -0.183. The van der Waals surface area contributed by atoms with E-state index in [4.69, 9.17) is 9.47 Å². The SMILES string of the molecule is CCN(CC)C(=O)C1CC1C(=O)NCc1ccc2c(c1)OCO2. The van der Waals surface area contributed by atoms with Crippen molar-refractivity contribution >= 4 is 11.8 Å². The summed E-state index contributed by atoms with van der Waals surface area (Å²) >= 11 is 0. The van der Waals surface area contributed by atoms with Crippen LogP contribution in [-0.4, -0.2) is 36.6 Å². The van der Waals surface area contributed by atoms with Crippen molar-refractivity contribution in [1.82, 2.24) is 10.2 Å². The topological polar surface area (TPSA) is 67.9 Å². The predicted molar refractivity (Wildman–Crippen MR) is 83.9 cm³/mol. The predicted octanol–water partition coefficient (Wildman–Crippen LogP) is 1.54. The first-order valence-corrected chi connectivity index (χ1v) is 8.09. The zero-order chi connectivity index (χ0) is 16.4. The second-order valence-electron chi connectivity index (χ2n) is 5.86. The first-order valence-electron chi connectivity index (χ1n) is 8.09. The van der Waals surface area contributed by atoms with E-state index in [0.29, 0.717) is 31.8 Å². The maximum atomic E-state index is 12.2. The van der Waals surface area contributed by atoms with E-state index in [9.17, 15) is 9.59 Å². The van der Waals surface area contributed by atoms with Gasteiger partial charge in [-0.3, -0.25) is 9.59 Å². The molecule has 0 aromatic heterocycles. The molecular formula is C17H22N2O4. The fraction of sp³-hybridized carbons (Fsp3) is 0.529. The number of hydrogen-bond donors (Lipinski definition) is 1. The van der Waals surface area contributed by atoms with E-state index in [-0.39, 0.29) is 30.4 Å². The normalized spacial score (nSPS) is 21.0. The summed E-state index contributed by atoms with van der Waals surface area (Å²) in [6.07, 6.45) is 0.655. The van der Waals surface area contributed by atoms with Crippen LogP contribution in [-0.2, 0) is 16.1 Å². The summed E-state index contributed by atoms with van der Waals surface area (Å²) in [6.45, 7) is 5.96. The van der Waals surface area contributed by atoms with Crippen LogP contribution in [0.2, 0.25) is 0 Å². The summed E-state index contributed by atoms with van der Waals surface area (Å²) in [5, 5.41) is 2.91. The number of rotatable bonds is 6. The Labute approximate surface area is 135 Å². The molecule has 0 radical (unpaired) electrons. The minimum Gasteiger partial charge on any atom is -0.454 e. The highest BCUT2D eigenvalue weighted by Crippen LogP contribution is 2.40. The molecule has 1 fully saturated rings. The summed E-state index contributed by atoms with van der Waals surface area (Å²) in [6, 6.07) is 5.61. The number of fused-ring (bicyclic) bond motifs is 1. The van der Waals surface area contributed by atoms with Gasteiger partial charge in [0.1, 0.15) is 0 Å². The molecule has 6 nitrogen and oxygen atoms in total. The molecule has 1 aromatic carbocycles. The number of amides is 2. The third-order valence-corrected chi connectivity index (χ3v) is 4.42. The van der Waals surface area contributed by atoms with Crippen LogP contribution in [0.1, 0.15) is 25.8 Å². The minimum absolute atomic E-state index is 0.0480. The molecule has 1 saturated carbocycles. The molecule has 124 valence electrons. The average Bonchev–Trinajstić information content (AvgIpc) is 3.23. The molecule has 1 aliphatic carbocycles. The van der Waals surface area contributed by atoms with E-state index >= 15 is 0 Å². The Morgan fingerprint density at radius 3 is 2.65 bits per heavy atom. The van der Waals surface area contributed by atoms with Gasteiger partial charge in [-0.05, 0) is 38.0 Å². The van der Waals surface area contributed by atoms with E-state index in [0.717, 1.165) is 11.3 Å². The molecular weight excluding hydrogens is 296 g/mol. The van der Waals surface area contributed by atoms with Gasteiger partial charge >= 0.3 is 0 Å². The van der Waals surface area contributed by atoms with E-state index < -0.39 is 0 Å². The Balaban J connectivity index is 1.50. The fourth-order valence-corrected chi connectivity index (χ4v) is 2.90. The summed E-state index contributed by atoms with van der Waals surface area (Å²) in [5.74, 6) is 1.15. The Bertz CT molecular complexity index is 613. The van der Waals surface area contributed by atoms with E-state index in [1.54, 1.807) is 4.90 Å². The van der Waals surface area contributed by atoms with E-state index in [1.165, 1.54) is 0 Å². The highest BCUT2D eigenvalue weighted by molar-refractivity contribution is 5.92. The average molecular weight is 318 g/mol. The Hall–Kier alpha value is -2.24. The van der Waals surface area contributed by atoms with Gasteiger partial charge in [-0.25, -0.2) is 0 Å². The summed E-state index contributed by atoms with van der Waals surface area (Å²) in [5.41, 5.74) is 0.954. The largest absolute Gasteiger partial charge is 0.454 e. The molecule has 2 unspecified atom stereocenters.